The van der Waals surface area contributed by atoms with Gasteiger partial charge in [0.25, 0.3) is 11.8 Å². The SMILES string of the molecule is CN(C)c1ccc(C(CNC(=O)CN2C(=O)c3ccccc3C2=O)N2CCN(c3ccc(F)cc3)CC2)cc1. The summed E-state index contributed by atoms with van der Waals surface area (Å²) >= 11 is 0. The monoisotopic (exact) mass is 529 g/mol. The molecule has 2 heterocycles. The summed E-state index contributed by atoms with van der Waals surface area (Å²) in [6.07, 6.45) is 0. The largest absolute Gasteiger partial charge is 0.378 e. The molecule has 1 fully saturated rings. The number of hydrogen-bond donors (Lipinski definition) is 1. The quantitative estimate of drug-likeness (QED) is 0.452. The second-order valence-corrected chi connectivity index (χ2v) is 10.0. The number of benzene rings is 3. The smallest absolute Gasteiger partial charge is 0.262 e. The third-order valence-electron chi connectivity index (χ3n) is 7.41. The lowest BCUT2D eigenvalue weighted by Gasteiger charge is -2.40. The van der Waals surface area contributed by atoms with Gasteiger partial charge in [-0.15, -0.1) is 0 Å². The van der Waals surface area contributed by atoms with Crippen LogP contribution in [0.25, 0.3) is 0 Å². The Morgan fingerprint density at radius 2 is 1.46 bits per heavy atom. The highest BCUT2D eigenvalue weighted by Gasteiger charge is 2.36. The molecule has 8 nitrogen and oxygen atoms in total. The molecule has 3 amide bonds. The topological polar surface area (TPSA) is 76.2 Å². The molecule has 0 spiro atoms. The maximum absolute atomic E-state index is 13.4. The molecule has 1 unspecified atom stereocenters. The molecule has 1 atom stereocenters. The fourth-order valence-electron chi connectivity index (χ4n) is 5.19. The zero-order valence-electron chi connectivity index (χ0n) is 22.1. The van der Waals surface area contributed by atoms with Crippen molar-refractivity contribution >= 4 is 29.1 Å². The van der Waals surface area contributed by atoms with Gasteiger partial charge in [-0.1, -0.05) is 24.3 Å². The number of amides is 3. The maximum atomic E-state index is 13.4. The molecule has 2 aliphatic rings. The van der Waals surface area contributed by atoms with E-state index in [1.807, 2.05) is 19.0 Å². The average molecular weight is 530 g/mol. The van der Waals surface area contributed by atoms with E-state index in [0.29, 0.717) is 17.7 Å². The minimum Gasteiger partial charge on any atom is -0.378 e. The molecule has 5 rings (SSSR count). The second kappa shape index (κ2) is 11.2. The number of anilines is 2. The molecule has 0 aromatic heterocycles. The van der Waals surface area contributed by atoms with Crippen LogP contribution in [0.3, 0.4) is 0 Å². The Morgan fingerprint density at radius 1 is 0.872 bits per heavy atom. The summed E-state index contributed by atoms with van der Waals surface area (Å²) in [7, 11) is 3.97. The number of hydrogen-bond acceptors (Lipinski definition) is 6. The van der Waals surface area contributed by atoms with Crippen LogP contribution in [0.2, 0.25) is 0 Å². The van der Waals surface area contributed by atoms with Gasteiger partial charge in [-0.05, 0) is 54.1 Å². The fraction of sp³-hybridized carbons (Fsp3) is 0.300. The molecule has 1 N–H and O–H groups in total. The summed E-state index contributed by atoms with van der Waals surface area (Å²) in [5.74, 6) is -1.53. The summed E-state index contributed by atoms with van der Waals surface area (Å²) in [6.45, 7) is 3.05. The number of piperazine rings is 1. The Labute approximate surface area is 227 Å². The van der Waals surface area contributed by atoms with Crippen molar-refractivity contribution < 1.29 is 18.8 Å². The van der Waals surface area contributed by atoms with Crippen molar-refractivity contribution in [3.63, 3.8) is 0 Å². The van der Waals surface area contributed by atoms with Crippen LogP contribution in [-0.4, -0.2) is 80.9 Å². The average Bonchev–Trinajstić information content (AvgIpc) is 3.19. The molecule has 202 valence electrons. The standard InChI is InChI=1S/C30H32FN5O3/c1-33(2)23-11-7-21(8-12-23)27(35-17-15-34(16-18-35)24-13-9-22(31)10-14-24)19-32-28(37)20-36-29(38)25-5-3-4-6-26(25)30(36)39/h3-14,27H,15-20H2,1-2H3,(H,32,37). The molecule has 3 aromatic rings. The predicted octanol–water partition coefficient (Wildman–Crippen LogP) is 3.17. The van der Waals surface area contributed by atoms with Crippen molar-refractivity contribution in [1.82, 2.24) is 15.1 Å². The highest BCUT2D eigenvalue weighted by atomic mass is 19.1. The zero-order chi connectivity index (χ0) is 27.5. The first-order valence-electron chi connectivity index (χ1n) is 13.1. The summed E-state index contributed by atoms with van der Waals surface area (Å²) in [5, 5.41) is 2.97. The highest BCUT2D eigenvalue weighted by Crippen LogP contribution is 2.26. The summed E-state index contributed by atoms with van der Waals surface area (Å²) < 4.78 is 13.4. The number of nitrogens with zero attached hydrogens (tertiary/aromatic N) is 4. The van der Waals surface area contributed by atoms with E-state index in [2.05, 4.69) is 39.4 Å². The van der Waals surface area contributed by atoms with Crippen molar-refractivity contribution in [3.8, 4) is 0 Å². The lowest BCUT2D eigenvalue weighted by atomic mass is 10.0. The van der Waals surface area contributed by atoms with Gasteiger partial charge >= 0.3 is 0 Å². The van der Waals surface area contributed by atoms with E-state index in [1.165, 1.54) is 12.1 Å². The van der Waals surface area contributed by atoms with Crippen LogP contribution in [0.1, 0.15) is 32.3 Å². The van der Waals surface area contributed by atoms with Gasteiger partial charge in [0, 0.05) is 58.2 Å². The summed E-state index contributed by atoms with van der Waals surface area (Å²) in [4.78, 5) is 45.9. The number of imide groups is 1. The van der Waals surface area contributed by atoms with E-state index in [4.69, 9.17) is 0 Å². The molecule has 0 bridgehead atoms. The summed E-state index contributed by atoms with van der Waals surface area (Å²) in [6, 6.07) is 21.3. The van der Waals surface area contributed by atoms with Gasteiger partial charge in [0.1, 0.15) is 12.4 Å². The zero-order valence-corrected chi connectivity index (χ0v) is 22.1. The Bertz CT molecular complexity index is 1320. The molecule has 0 aliphatic carbocycles. The second-order valence-electron chi connectivity index (χ2n) is 10.0. The Kier molecular flexibility index (Phi) is 7.60. The number of fused-ring (bicyclic) bond motifs is 1. The van der Waals surface area contributed by atoms with Gasteiger partial charge in [0.2, 0.25) is 5.91 Å². The maximum Gasteiger partial charge on any atom is 0.262 e. The van der Waals surface area contributed by atoms with Crippen LogP contribution >= 0.6 is 0 Å². The minimum atomic E-state index is -0.446. The molecular formula is C30H32FN5O3. The van der Waals surface area contributed by atoms with Crippen LogP contribution < -0.4 is 15.1 Å². The van der Waals surface area contributed by atoms with Crippen molar-refractivity contribution in [3.05, 3.63) is 95.3 Å². The van der Waals surface area contributed by atoms with Crippen molar-refractivity contribution in [1.29, 1.82) is 0 Å². The normalized spacial score (nSPS) is 16.3. The molecule has 3 aromatic carbocycles. The first kappa shape index (κ1) is 26.4. The number of halogens is 1. The lowest BCUT2D eigenvalue weighted by molar-refractivity contribution is -0.121. The van der Waals surface area contributed by atoms with E-state index >= 15 is 0 Å². The highest BCUT2D eigenvalue weighted by molar-refractivity contribution is 6.22. The molecule has 0 radical (unpaired) electrons. The number of carbonyl (C=O) groups excluding carboxylic acids is 3. The first-order chi connectivity index (χ1) is 18.8. The minimum absolute atomic E-state index is 0.0947. The fourth-order valence-corrected chi connectivity index (χ4v) is 5.19. The number of carbonyl (C=O) groups is 3. The predicted molar refractivity (Wildman–Crippen MR) is 149 cm³/mol. The molecule has 0 saturated carbocycles. The van der Waals surface area contributed by atoms with Crippen LogP contribution in [-0.2, 0) is 4.79 Å². The van der Waals surface area contributed by atoms with E-state index in [-0.39, 0.29) is 24.3 Å². The van der Waals surface area contributed by atoms with Gasteiger partial charge in [0.15, 0.2) is 0 Å². The van der Waals surface area contributed by atoms with Crippen LogP contribution in [0.5, 0.6) is 0 Å². The van der Waals surface area contributed by atoms with Crippen LogP contribution in [0.15, 0.2) is 72.8 Å². The molecule has 9 heteroatoms. The Morgan fingerprint density at radius 3 is 2.03 bits per heavy atom. The van der Waals surface area contributed by atoms with Crippen molar-refractivity contribution in [2.24, 2.45) is 0 Å². The van der Waals surface area contributed by atoms with Crippen LogP contribution in [0.4, 0.5) is 15.8 Å². The molecule has 39 heavy (non-hydrogen) atoms. The third kappa shape index (κ3) is 5.63. The van der Waals surface area contributed by atoms with E-state index in [9.17, 15) is 18.8 Å². The number of nitrogens with one attached hydrogen (secondary N) is 1. The van der Waals surface area contributed by atoms with E-state index < -0.39 is 11.8 Å². The van der Waals surface area contributed by atoms with E-state index in [1.54, 1.807) is 36.4 Å². The lowest BCUT2D eigenvalue weighted by Crippen LogP contribution is -2.50. The van der Waals surface area contributed by atoms with Gasteiger partial charge in [0.05, 0.1) is 17.2 Å². The Hall–Kier alpha value is -4.24. The third-order valence-corrected chi connectivity index (χ3v) is 7.41. The van der Waals surface area contributed by atoms with Gasteiger partial charge in [-0.2, -0.15) is 0 Å². The van der Waals surface area contributed by atoms with Gasteiger partial charge in [-0.25, -0.2) is 4.39 Å². The van der Waals surface area contributed by atoms with Crippen molar-refractivity contribution in [2.75, 3.05) is 63.2 Å². The molecule has 1 saturated heterocycles. The van der Waals surface area contributed by atoms with Gasteiger partial charge < -0.3 is 15.1 Å². The first-order valence-corrected chi connectivity index (χ1v) is 13.1. The van der Waals surface area contributed by atoms with Gasteiger partial charge in [-0.3, -0.25) is 24.2 Å². The summed E-state index contributed by atoms with van der Waals surface area (Å²) in [5.41, 5.74) is 3.78. The molecular weight excluding hydrogens is 497 g/mol. The number of rotatable bonds is 8. The van der Waals surface area contributed by atoms with Crippen LogP contribution in [0, 0.1) is 5.82 Å². The Balaban J connectivity index is 1.26. The molecule has 2 aliphatic heterocycles. The van der Waals surface area contributed by atoms with Crippen molar-refractivity contribution in [2.45, 2.75) is 6.04 Å². The van der Waals surface area contributed by atoms with E-state index in [0.717, 1.165) is 48.0 Å².